The second kappa shape index (κ2) is 6.91. The molecule has 0 aliphatic carbocycles. The first kappa shape index (κ1) is 15.0. The molecule has 22 heavy (non-hydrogen) atoms. The number of hydrogen-bond donors (Lipinski definition) is 0. The Morgan fingerprint density at radius 1 is 0.955 bits per heavy atom. The van der Waals surface area contributed by atoms with Crippen molar-refractivity contribution < 1.29 is 4.74 Å². The van der Waals surface area contributed by atoms with E-state index in [0.717, 1.165) is 32.7 Å². The third-order valence-electron chi connectivity index (χ3n) is 4.40. The van der Waals surface area contributed by atoms with Crippen molar-refractivity contribution in [1.29, 1.82) is 0 Å². The molecule has 0 unspecified atom stereocenters. The van der Waals surface area contributed by atoms with Gasteiger partial charge in [-0.3, -0.25) is 4.90 Å². The monoisotopic (exact) mass is 293 g/mol. The minimum atomic E-state index is -0.349. The van der Waals surface area contributed by atoms with Crippen molar-refractivity contribution in [3.05, 3.63) is 84.4 Å². The predicted molar refractivity (Wildman–Crippen MR) is 90.9 cm³/mol. The molecule has 3 rings (SSSR count). The van der Waals surface area contributed by atoms with Gasteiger partial charge in [0.1, 0.15) is 5.60 Å². The molecule has 1 fully saturated rings. The van der Waals surface area contributed by atoms with E-state index in [0.29, 0.717) is 0 Å². The van der Waals surface area contributed by atoms with Gasteiger partial charge < -0.3 is 4.74 Å². The third kappa shape index (κ3) is 2.99. The van der Waals surface area contributed by atoms with Crippen molar-refractivity contribution >= 4 is 0 Å². The van der Waals surface area contributed by atoms with E-state index in [9.17, 15) is 0 Å². The van der Waals surface area contributed by atoms with Gasteiger partial charge in [-0.25, -0.2) is 0 Å². The molecule has 114 valence electrons. The molecule has 0 saturated carbocycles. The van der Waals surface area contributed by atoms with Gasteiger partial charge in [-0.1, -0.05) is 66.7 Å². The summed E-state index contributed by atoms with van der Waals surface area (Å²) in [6, 6.07) is 21.2. The zero-order valence-corrected chi connectivity index (χ0v) is 12.9. The van der Waals surface area contributed by atoms with E-state index in [1.165, 1.54) is 11.1 Å². The Morgan fingerprint density at radius 3 is 2.09 bits per heavy atom. The number of rotatable bonds is 4. The standard InChI is InChI=1S/C20H23NO/c1-2-14-21-15-13-20(22-17-16-21,18-9-5-3-6-10-18)19-11-7-4-8-12-19/h2-12H,1,13-17H2. The average molecular weight is 293 g/mol. The fourth-order valence-corrected chi connectivity index (χ4v) is 3.25. The summed E-state index contributed by atoms with van der Waals surface area (Å²) in [5.41, 5.74) is 2.13. The van der Waals surface area contributed by atoms with Gasteiger partial charge in [-0.15, -0.1) is 6.58 Å². The SMILES string of the molecule is C=CCN1CCOC(c2ccccc2)(c2ccccc2)CC1. The quantitative estimate of drug-likeness (QED) is 0.794. The normalized spacial score (nSPS) is 18.5. The molecular weight excluding hydrogens is 270 g/mol. The van der Waals surface area contributed by atoms with Gasteiger partial charge in [0.2, 0.25) is 0 Å². The maximum Gasteiger partial charge on any atom is 0.119 e. The Morgan fingerprint density at radius 2 is 1.55 bits per heavy atom. The van der Waals surface area contributed by atoms with Gasteiger partial charge in [0.25, 0.3) is 0 Å². The van der Waals surface area contributed by atoms with E-state index < -0.39 is 0 Å². The molecule has 1 heterocycles. The first-order valence-corrected chi connectivity index (χ1v) is 7.93. The largest absolute Gasteiger partial charge is 0.364 e. The Balaban J connectivity index is 1.99. The highest BCUT2D eigenvalue weighted by Crippen LogP contribution is 2.38. The molecule has 1 aliphatic heterocycles. The fourth-order valence-electron chi connectivity index (χ4n) is 3.25. The fraction of sp³-hybridized carbons (Fsp3) is 0.300. The summed E-state index contributed by atoms with van der Waals surface area (Å²) in [7, 11) is 0. The van der Waals surface area contributed by atoms with Crippen LogP contribution in [0.4, 0.5) is 0 Å². The second-order valence-corrected chi connectivity index (χ2v) is 5.75. The summed E-state index contributed by atoms with van der Waals surface area (Å²) in [5.74, 6) is 0. The highest BCUT2D eigenvalue weighted by Gasteiger charge is 2.37. The van der Waals surface area contributed by atoms with Crippen LogP contribution in [0, 0.1) is 0 Å². The van der Waals surface area contributed by atoms with Crippen molar-refractivity contribution in [2.24, 2.45) is 0 Å². The van der Waals surface area contributed by atoms with Crippen LogP contribution in [0.2, 0.25) is 0 Å². The molecule has 2 heteroatoms. The number of ether oxygens (including phenoxy) is 1. The molecule has 0 atom stereocenters. The van der Waals surface area contributed by atoms with Crippen LogP contribution >= 0.6 is 0 Å². The maximum absolute atomic E-state index is 6.46. The lowest BCUT2D eigenvalue weighted by Gasteiger charge is -2.34. The van der Waals surface area contributed by atoms with Crippen LogP contribution in [-0.4, -0.2) is 31.1 Å². The predicted octanol–water partition coefficient (Wildman–Crippen LogP) is 3.84. The molecule has 2 aromatic rings. The number of hydrogen-bond acceptors (Lipinski definition) is 2. The molecule has 0 N–H and O–H groups in total. The van der Waals surface area contributed by atoms with Crippen LogP contribution in [0.25, 0.3) is 0 Å². The van der Waals surface area contributed by atoms with Crippen molar-refractivity contribution in [1.82, 2.24) is 4.90 Å². The van der Waals surface area contributed by atoms with Crippen LogP contribution in [0.1, 0.15) is 17.5 Å². The molecule has 0 amide bonds. The van der Waals surface area contributed by atoms with Crippen LogP contribution in [-0.2, 0) is 10.3 Å². The lowest BCUT2D eigenvalue weighted by molar-refractivity contribution is -0.0100. The van der Waals surface area contributed by atoms with E-state index in [1.54, 1.807) is 0 Å². The lowest BCUT2D eigenvalue weighted by atomic mass is 9.83. The molecule has 0 radical (unpaired) electrons. The van der Waals surface area contributed by atoms with Gasteiger partial charge in [-0.05, 0) is 17.5 Å². The van der Waals surface area contributed by atoms with Crippen molar-refractivity contribution in [3.8, 4) is 0 Å². The summed E-state index contributed by atoms with van der Waals surface area (Å²) in [6.45, 7) is 7.47. The van der Waals surface area contributed by atoms with E-state index in [-0.39, 0.29) is 5.60 Å². The summed E-state index contributed by atoms with van der Waals surface area (Å²) in [5, 5.41) is 0. The number of nitrogens with zero attached hydrogens (tertiary/aromatic N) is 1. The van der Waals surface area contributed by atoms with Crippen LogP contribution in [0.15, 0.2) is 73.3 Å². The minimum Gasteiger partial charge on any atom is -0.364 e. The van der Waals surface area contributed by atoms with Crippen molar-refractivity contribution in [2.45, 2.75) is 12.0 Å². The molecule has 2 nitrogen and oxygen atoms in total. The zero-order valence-electron chi connectivity index (χ0n) is 12.9. The molecular formula is C20H23NO. The molecule has 1 saturated heterocycles. The number of benzene rings is 2. The topological polar surface area (TPSA) is 12.5 Å². The molecule has 0 spiro atoms. The Kier molecular flexibility index (Phi) is 4.71. The van der Waals surface area contributed by atoms with Crippen LogP contribution in [0.3, 0.4) is 0 Å². The van der Waals surface area contributed by atoms with Gasteiger partial charge >= 0.3 is 0 Å². The van der Waals surface area contributed by atoms with Crippen LogP contribution in [0.5, 0.6) is 0 Å². The maximum atomic E-state index is 6.46. The summed E-state index contributed by atoms with van der Waals surface area (Å²) < 4.78 is 6.46. The Labute approximate surface area is 133 Å². The Hall–Kier alpha value is -1.90. The van der Waals surface area contributed by atoms with Crippen LogP contribution < -0.4 is 0 Å². The van der Waals surface area contributed by atoms with E-state index in [4.69, 9.17) is 4.74 Å². The first-order chi connectivity index (χ1) is 10.8. The van der Waals surface area contributed by atoms with Gasteiger partial charge in [0.15, 0.2) is 0 Å². The minimum absolute atomic E-state index is 0.349. The molecule has 2 aromatic carbocycles. The first-order valence-electron chi connectivity index (χ1n) is 7.93. The second-order valence-electron chi connectivity index (χ2n) is 5.75. The van der Waals surface area contributed by atoms with E-state index in [2.05, 4.69) is 72.1 Å². The summed E-state index contributed by atoms with van der Waals surface area (Å²) in [6.07, 6.45) is 2.92. The summed E-state index contributed by atoms with van der Waals surface area (Å²) >= 11 is 0. The smallest absolute Gasteiger partial charge is 0.119 e. The van der Waals surface area contributed by atoms with Crippen molar-refractivity contribution in [2.75, 3.05) is 26.2 Å². The molecule has 1 aliphatic rings. The van der Waals surface area contributed by atoms with Gasteiger partial charge in [0.05, 0.1) is 6.61 Å². The average Bonchev–Trinajstić information content (AvgIpc) is 2.81. The Bertz CT molecular complexity index is 554. The zero-order chi connectivity index (χ0) is 15.3. The van der Waals surface area contributed by atoms with E-state index >= 15 is 0 Å². The highest BCUT2D eigenvalue weighted by atomic mass is 16.5. The van der Waals surface area contributed by atoms with E-state index in [1.807, 2.05) is 6.08 Å². The molecule has 0 aromatic heterocycles. The van der Waals surface area contributed by atoms with Gasteiger partial charge in [-0.2, -0.15) is 0 Å². The van der Waals surface area contributed by atoms with Crippen molar-refractivity contribution in [3.63, 3.8) is 0 Å². The highest BCUT2D eigenvalue weighted by molar-refractivity contribution is 5.36. The third-order valence-corrected chi connectivity index (χ3v) is 4.40. The van der Waals surface area contributed by atoms with Gasteiger partial charge in [0, 0.05) is 19.6 Å². The molecule has 0 bridgehead atoms. The lowest BCUT2D eigenvalue weighted by Crippen LogP contribution is -2.32. The summed E-state index contributed by atoms with van der Waals surface area (Å²) in [4.78, 5) is 2.40.